The highest BCUT2D eigenvalue weighted by molar-refractivity contribution is 7.51. The average Bonchev–Trinajstić information content (AvgIpc) is 3.42. The molecule has 1 aromatic heterocycles. The van der Waals surface area contributed by atoms with Crippen molar-refractivity contribution in [2.24, 2.45) is 27.6 Å². The molecule has 0 amide bonds. The van der Waals surface area contributed by atoms with E-state index >= 15 is 0 Å². The molecule has 0 spiro atoms. The van der Waals surface area contributed by atoms with Gasteiger partial charge in [-0.05, 0) is 39.8 Å². The molecule has 14 nitrogen and oxygen atoms in total. The first-order valence-electron chi connectivity index (χ1n) is 13.0. The van der Waals surface area contributed by atoms with Gasteiger partial charge in [0.1, 0.15) is 35.4 Å². The van der Waals surface area contributed by atoms with Gasteiger partial charge >= 0.3 is 13.7 Å². The monoisotopic (exact) mass is 584 g/mol. The Balaban J connectivity index is 1.89. The van der Waals surface area contributed by atoms with E-state index in [4.69, 9.17) is 24.3 Å². The van der Waals surface area contributed by atoms with E-state index in [9.17, 15) is 19.6 Å². The number of aliphatic hydroxyl groups excluding tert-OH is 1. The second kappa shape index (κ2) is 12.6. The number of allylic oxidation sites excluding steroid dienone is 1. The highest BCUT2D eigenvalue weighted by Crippen LogP contribution is 2.52. The van der Waals surface area contributed by atoms with Gasteiger partial charge in [0.25, 0.3) is 0 Å². The number of ether oxygens (including phenoxy) is 2. The number of aliphatic hydroxyl groups is 2. The molecule has 40 heavy (non-hydrogen) atoms. The molecule has 10 unspecified atom stereocenters. The largest absolute Gasteiger partial charge is 0.468 e. The molecule has 5 N–H and O–H groups in total. The average molecular weight is 585 g/mol. The van der Waals surface area contributed by atoms with Crippen LogP contribution in [-0.2, 0) is 27.9 Å². The number of methoxy groups -OCH3 is 1. The molecule has 1 aliphatic carbocycles. The number of carbonyl (C=O) groups excluding carboxylic acids is 1. The summed E-state index contributed by atoms with van der Waals surface area (Å²) in [6.07, 6.45) is 0.499. The number of aliphatic imine (C=N–C) groups is 2. The molecule has 10 atom stereocenters. The van der Waals surface area contributed by atoms with Gasteiger partial charge in [0.15, 0.2) is 12.0 Å². The van der Waals surface area contributed by atoms with Crippen LogP contribution >= 0.6 is 7.75 Å². The van der Waals surface area contributed by atoms with Gasteiger partial charge in [-0.1, -0.05) is 26.0 Å². The summed E-state index contributed by atoms with van der Waals surface area (Å²) in [6.45, 7) is 11.9. The lowest BCUT2D eigenvalue weighted by molar-refractivity contribution is -0.142. The van der Waals surface area contributed by atoms with E-state index in [-0.39, 0.29) is 29.2 Å². The highest BCUT2D eigenvalue weighted by Gasteiger charge is 2.56. The minimum atomic E-state index is -4.21. The molecule has 2 heterocycles. The van der Waals surface area contributed by atoms with Gasteiger partial charge in [0.05, 0.1) is 25.6 Å². The van der Waals surface area contributed by atoms with Crippen molar-refractivity contribution in [2.75, 3.05) is 14.2 Å². The molecule has 224 valence electrons. The Morgan fingerprint density at radius 2 is 2.08 bits per heavy atom. The Kier molecular flexibility index (Phi) is 10.1. The first kappa shape index (κ1) is 32.1. The Hall–Kier alpha value is -2.45. The van der Waals surface area contributed by atoms with E-state index in [0.717, 1.165) is 0 Å². The number of amidine groups is 1. The molecule has 1 saturated heterocycles. The van der Waals surface area contributed by atoms with E-state index in [1.807, 2.05) is 19.9 Å². The van der Waals surface area contributed by atoms with Crippen molar-refractivity contribution in [2.45, 2.75) is 83.3 Å². The highest BCUT2D eigenvalue weighted by atomic mass is 31.2. The maximum absolute atomic E-state index is 14.1. The topological polar surface area (TPSA) is 192 Å². The van der Waals surface area contributed by atoms with Crippen LogP contribution in [0, 0.1) is 11.8 Å². The van der Waals surface area contributed by atoms with Crippen LogP contribution in [0.25, 0.3) is 0 Å². The second-order valence-corrected chi connectivity index (χ2v) is 12.2. The van der Waals surface area contributed by atoms with Gasteiger partial charge in [-0.15, -0.1) is 0 Å². The number of rotatable bonds is 11. The number of aromatic nitrogens is 2. The number of hydrogen-bond acceptors (Lipinski definition) is 11. The number of nitrogens with zero attached hydrogens (tertiary/aromatic N) is 4. The fourth-order valence-corrected chi connectivity index (χ4v) is 6.76. The fourth-order valence-electron chi connectivity index (χ4n) is 4.82. The Morgan fingerprint density at radius 3 is 2.67 bits per heavy atom. The van der Waals surface area contributed by atoms with E-state index in [1.54, 1.807) is 0 Å². The predicted octanol–water partition coefficient (Wildman–Crippen LogP) is 1.84. The lowest BCUT2D eigenvalue weighted by atomic mass is 9.88. The number of nitrogens with one attached hydrogen (secondary N) is 1. The Labute approximate surface area is 234 Å². The van der Waals surface area contributed by atoms with E-state index in [2.05, 4.69) is 32.8 Å². The van der Waals surface area contributed by atoms with Gasteiger partial charge in [-0.25, -0.2) is 19.6 Å². The maximum Gasteiger partial charge on any atom is 0.406 e. The van der Waals surface area contributed by atoms with Crippen LogP contribution in [0.1, 0.15) is 53.0 Å². The molecule has 1 aromatic rings. The maximum atomic E-state index is 14.1. The standard InChI is InChI=1S/C25H41N6O8P/c1-13-9-10-14(2)17(11-13)39-40(35,30-15(3)23(33)36-8)38-16(4)19-20(32)25(5,34)24(37-19)31-12-29-18(21(26)27-6)22(31)28-7/h9-10,12-17,19-20,24,32,34H,7,11H2,1-6,8H3,(H2,26,27)(H,30,35). The van der Waals surface area contributed by atoms with Gasteiger partial charge in [0.2, 0.25) is 0 Å². The van der Waals surface area contributed by atoms with Crippen molar-refractivity contribution in [1.29, 1.82) is 0 Å². The minimum absolute atomic E-state index is 0.0727. The summed E-state index contributed by atoms with van der Waals surface area (Å²) in [5, 5.41) is 25.1. The number of esters is 1. The summed E-state index contributed by atoms with van der Waals surface area (Å²) < 4.78 is 38.3. The molecule has 1 aliphatic heterocycles. The van der Waals surface area contributed by atoms with Crippen molar-refractivity contribution < 1.29 is 38.1 Å². The van der Waals surface area contributed by atoms with Crippen molar-refractivity contribution in [3.8, 4) is 0 Å². The third-order valence-corrected chi connectivity index (χ3v) is 9.09. The van der Waals surface area contributed by atoms with Gasteiger partial charge < -0.3 is 25.4 Å². The first-order valence-corrected chi connectivity index (χ1v) is 14.6. The normalized spacial score (nSPS) is 33.8. The number of imidazole rings is 1. The molecule has 3 rings (SSSR count). The van der Waals surface area contributed by atoms with Gasteiger partial charge in [-0.3, -0.25) is 23.4 Å². The molecule has 0 saturated carbocycles. The molecular weight excluding hydrogens is 543 g/mol. The number of hydrogen-bond donors (Lipinski definition) is 4. The zero-order valence-electron chi connectivity index (χ0n) is 23.9. The van der Waals surface area contributed by atoms with E-state index in [1.165, 1.54) is 45.8 Å². The van der Waals surface area contributed by atoms with Gasteiger partial charge in [-0.2, -0.15) is 0 Å². The molecule has 15 heteroatoms. The Bertz CT molecular complexity index is 1190. The zero-order valence-corrected chi connectivity index (χ0v) is 24.8. The van der Waals surface area contributed by atoms with Crippen molar-refractivity contribution in [3.05, 3.63) is 24.2 Å². The lowest BCUT2D eigenvalue weighted by Crippen LogP contribution is -2.46. The SMILES string of the molecule is C=Nc1c(C(N)=NC)ncn1C1OC(C(C)OP(=O)(NC(C)C(=O)OC)OC2CC(C)C=CC2C)C(O)C1(C)O. The van der Waals surface area contributed by atoms with Crippen LogP contribution in [0.5, 0.6) is 0 Å². The lowest BCUT2D eigenvalue weighted by Gasteiger charge is -2.34. The molecule has 0 bridgehead atoms. The summed E-state index contributed by atoms with van der Waals surface area (Å²) in [5.41, 5.74) is 4.27. The predicted molar refractivity (Wildman–Crippen MR) is 148 cm³/mol. The Morgan fingerprint density at radius 1 is 1.40 bits per heavy atom. The van der Waals surface area contributed by atoms with Gasteiger partial charge in [0, 0.05) is 13.0 Å². The van der Waals surface area contributed by atoms with Crippen molar-refractivity contribution >= 4 is 32.1 Å². The molecule has 0 radical (unpaired) electrons. The molecule has 2 aliphatic rings. The number of nitrogens with two attached hydrogens (primary N) is 1. The quantitative estimate of drug-likeness (QED) is 0.0975. The van der Waals surface area contributed by atoms with Crippen LogP contribution in [0.4, 0.5) is 5.82 Å². The third-order valence-electron chi connectivity index (χ3n) is 7.23. The van der Waals surface area contributed by atoms with Crippen LogP contribution < -0.4 is 10.8 Å². The van der Waals surface area contributed by atoms with Crippen molar-refractivity contribution in [1.82, 2.24) is 14.6 Å². The smallest absolute Gasteiger partial charge is 0.406 e. The second-order valence-electron chi connectivity index (χ2n) is 10.5. The summed E-state index contributed by atoms with van der Waals surface area (Å²) in [6, 6.07) is -1.03. The van der Waals surface area contributed by atoms with Crippen molar-refractivity contribution in [3.63, 3.8) is 0 Å². The summed E-state index contributed by atoms with van der Waals surface area (Å²) in [5.74, 6) is -0.291. The first-order chi connectivity index (χ1) is 18.7. The fraction of sp³-hybridized carbons (Fsp3) is 0.680. The molecule has 0 aromatic carbocycles. The summed E-state index contributed by atoms with van der Waals surface area (Å²) in [7, 11) is -1.51. The van der Waals surface area contributed by atoms with E-state index in [0.29, 0.717) is 6.42 Å². The third kappa shape index (κ3) is 6.54. The van der Waals surface area contributed by atoms with Crippen LogP contribution in [0.2, 0.25) is 0 Å². The molecule has 1 fully saturated rings. The summed E-state index contributed by atoms with van der Waals surface area (Å²) >= 11 is 0. The summed E-state index contributed by atoms with van der Waals surface area (Å²) in [4.78, 5) is 24.2. The zero-order chi connectivity index (χ0) is 30.0. The van der Waals surface area contributed by atoms with Crippen LogP contribution in [0.3, 0.4) is 0 Å². The van der Waals surface area contributed by atoms with E-state index < -0.39 is 56.0 Å². The van der Waals surface area contributed by atoms with Crippen LogP contribution in [0.15, 0.2) is 28.5 Å². The molecular formula is C25H41N6O8P. The minimum Gasteiger partial charge on any atom is -0.468 e. The number of carbonyl (C=O) groups is 1. The van der Waals surface area contributed by atoms with Crippen LogP contribution in [-0.4, -0.2) is 88.5 Å².